The summed E-state index contributed by atoms with van der Waals surface area (Å²) in [5.74, 6) is 0.428. The summed E-state index contributed by atoms with van der Waals surface area (Å²) in [6.07, 6.45) is 12.8. The van der Waals surface area contributed by atoms with Crippen molar-refractivity contribution in [2.75, 3.05) is 0 Å². The zero-order valence-corrected chi connectivity index (χ0v) is 31.5. The van der Waals surface area contributed by atoms with Crippen molar-refractivity contribution in [2.45, 2.75) is 51.6 Å². The number of oxazole rings is 1. The van der Waals surface area contributed by atoms with Crippen molar-refractivity contribution in [3.05, 3.63) is 174 Å². The van der Waals surface area contributed by atoms with E-state index in [0.717, 1.165) is 34.4 Å². The first kappa shape index (κ1) is 39.9. The first-order valence-electron chi connectivity index (χ1n) is 16.0. The number of aromatic nitrogens is 1. The molecule has 2 atom stereocenters. The Balaban J connectivity index is 0.000000286. The molecule has 0 radical (unpaired) electrons. The van der Waals surface area contributed by atoms with Crippen LogP contribution in [-0.2, 0) is 20.6 Å². The molecule has 0 spiro atoms. The molecule has 9 heteroatoms. The number of aliphatic hydroxyl groups is 1. The molecule has 0 saturated carbocycles. The number of nitrogens with one attached hydrogen (secondary N) is 2. The zero-order chi connectivity index (χ0) is 35.8. The molecule has 5 rings (SSSR count). The monoisotopic (exact) mass is 784 g/mol. The summed E-state index contributed by atoms with van der Waals surface area (Å²) in [7, 11) is 9.71. The van der Waals surface area contributed by atoms with Gasteiger partial charge in [-0.15, -0.1) is 12.1 Å². The summed E-state index contributed by atoms with van der Waals surface area (Å²) in [5.41, 5.74) is 20.1. The van der Waals surface area contributed by atoms with Gasteiger partial charge < -0.3 is 21.0 Å². The number of benzene rings is 3. The van der Waals surface area contributed by atoms with Crippen LogP contribution in [-0.4, -0.2) is 16.0 Å². The Morgan fingerprint density at radius 1 is 0.857 bits per heavy atom. The Morgan fingerprint density at radius 2 is 1.35 bits per heavy atom. The molecule has 1 aliphatic carbocycles. The molecule has 0 aliphatic heterocycles. The third-order valence-corrected chi connectivity index (χ3v) is 8.33. The maximum atomic E-state index is 11.3. The summed E-state index contributed by atoms with van der Waals surface area (Å²) < 4.78 is 5.97. The maximum absolute atomic E-state index is 11.3. The summed E-state index contributed by atoms with van der Waals surface area (Å²) in [4.78, 5) is 9.31. The van der Waals surface area contributed by atoms with E-state index >= 15 is 0 Å². The van der Waals surface area contributed by atoms with Gasteiger partial charge in [0.15, 0.2) is 0 Å². The SMILES string of the molecule is C=C(N=C(O)C(c1nc(C2=CC=CCC=C2)co1)(C(C)C)C(C)C)c1ccccc1.[Cl][Ru+2][Cl].[NH-]C(c1ccccc1)[C@H]([NH-])c1ccccc1. The number of hydrogen-bond acceptors (Lipinski definition) is 3. The van der Waals surface area contributed by atoms with Gasteiger partial charge >= 0.3 is 34.5 Å². The number of aliphatic hydroxyl groups excluding tert-OH is 1. The van der Waals surface area contributed by atoms with Crippen LogP contribution >= 0.6 is 19.4 Å². The Hall–Kier alpha value is -3.58. The van der Waals surface area contributed by atoms with E-state index < -0.39 is 17.5 Å². The van der Waals surface area contributed by atoms with Crippen molar-refractivity contribution in [1.29, 1.82) is 0 Å². The van der Waals surface area contributed by atoms with Gasteiger partial charge in [0.25, 0.3) is 0 Å². The van der Waals surface area contributed by atoms with Gasteiger partial charge in [0.2, 0.25) is 11.8 Å². The first-order chi connectivity index (χ1) is 23.6. The van der Waals surface area contributed by atoms with E-state index in [4.69, 9.17) is 40.3 Å². The molecule has 258 valence electrons. The first-order valence-corrected chi connectivity index (χ1v) is 20.4. The number of nitrogens with zero attached hydrogens (tertiary/aromatic N) is 2. The van der Waals surface area contributed by atoms with Crippen LogP contribution in [0.4, 0.5) is 0 Å². The molecule has 0 fully saturated rings. The molecular weight excluding hydrogens is 740 g/mol. The van der Waals surface area contributed by atoms with E-state index in [1.165, 1.54) is 0 Å². The number of aliphatic imine (C=N–C) groups is 1. The molecule has 3 aromatic carbocycles. The van der Waals surface area contributed by atoms with Crippen LogP contribution in [0.15, 0.2) is 144 Å². The quantitative estimate of drug-likeness (QED) is 0.0983. The smallest absolute Gasteiger partial charge is 0.0606 e. The normalized spacial score (nSPS) is 14.2. The fourth-order valence-electron chi connectivity index (χ4n) is 5.74. The molecule has 1 aliphatic rings. The van der Waals surface area contributed by atoms with Gasteiger partial charge in [-0.3, -0.25) is 0 Å². The molecule has 4 aromatic rings. The average Bonchev–Trinajstić information content (AvgIpc) is 3.43. The summed E-state index contributed by atoms with van der Waals surface area (Å²) in [5, 5.41) is 11.3. The van der Waals surface area contributed by atoms with Crippen molar-refractivity contribution in [3.8, 4) is 0 Å². The molecule has 6 nitrogen and oxygen atoms in total. The van der Waals surface area contributed by atoms with E-state index in [0.29, 0.717) is 11.6 Å². The van der Waals surface area contributed by atoms with Gasteiger partial charge in [-0.05, 0) is 23.8 Å². The van der Waals surface area contributed by atoms with Crippen LogP contribution in [0.2, 0.25) is 0 Å². The van der Waals surface area contributed by atoms with Gasteiger partial charge in [0.1, 0.15) is 17.4 Å². The van der Waals surface area contributed by atoms with Crippen molar-refractivity contribution < 1.29 is 24.7 Å². The standard InChI is InChI=1S/C26H30N2O2.C14H14N2.2ClH.Ru/c1-18(2)26(19(3)4,24(29)27-20(5)21-13-11-8-12-14-21)25-28-23(17-30-25)22-15-9-6-7-10-16-22;15-13(11-7-3-1-4-8-11)14(16)12-9-5-2-6-10-12;;;/h6,8-19H,5,7H2,1-4H3,(H,27,29);1-10,13-16H;2*1H;/q;-2;;;+4/p-2/t;13-,14?;;;/m.1.../s1. The molecule has 0 amide bonds. The predicted molar refractivity (Wildman–Crippen MR) is 203 cm³/mol. The summed E-state index contributed by atoms with van der Waals surface area (Å²) in [6, 6.07) is 27.7. The van der Waals surface area contributed by atoms with Gasteiger partial charge in [-0.25, -0.2) is 9.98 Å². The minimum absolute atomic E-state index is 0.00475. The van der Waals surface area contributed by atoms with Crippen molar-refractivity contribution in [3.63, 3.8) is 0 Å². The van der Waals surface area contributed by atoms with Crippen LogP contribution in [0.5, 0.6) is 0 Å². The number of allylic oxidation sites excluding steroid dienone is 6. The number of rotatable bonds is 10. The molecular formula is C40H44Cl2N4O2Ru. The van der Waals surface area contributed by atoms with Crippen LogP contribution in [0.25, 0.3) is 22.7 Å². The molecule has 1 heterocycles. The Bertz CT molecular complexity index is 1650. The van der Waals surface area contributed by atoms with Gasteiger partial charge in [-0.1, -0.05) is 167 Å². The number of hydrogen-bond donors (Lipinski definition) is 1. The molecule has 1 unspecified atom stereocenters. The minimum Gasteiger partial charge on any atom is -0.672 e. The molecule has 1 aromatic heterocycles. The number of halogens is 2. The fraction of sp³-hybridized carbons (Fsp3) is 0.250. The second-order valence-corrected chi connectivity index (χ2v) is 14.6. The van der Waals surface area contributed by atoms with Gasteiger partial charge in [-0.2, -0.15) is 0 Å². The second-order valence-electron chi connectivity index (χ2n) is 12.0. The van der Waals surface area contributed by atoms with E-state index in [9.17, 15) is 5.11 Å². The topological polar surface area (TPSA) is 106 Å². The fourth-order valence-corrected chi connectivity index (χ4v) is 5.74. The zero-order valence-electron chi connectivity index (χ0n) is 28.2. The van der Waals surface area contributed by atoms with E-state index in [-0.39, 0.29) is 32.9 Å². The van der Waals surface area contributed by atoms with Crippen LogP contribution in [0.1, 0.15) is 74.5 Å². The maximum Gasteiger partial charge on any atom is -0.0606 e. The molecule has 0 bridgehead atoms. The third-order valence-electron chi connectivity index (χ3n) is 8.33. The Labute approximate surface area is 307 Å². The third kappa shape index (κ3) is 10.7. The van der Waals surface area contributed by atoms with Gasteiger partial charge in [0.05, 0.1) is 5.70 Å². The van der Waals surface area contributed by atoms with Crippen LogP contribution in [0.3, 0.4) is 0 Å². The van der Waals surface area contributed by atoms with Crippen molar-refractivity contribution >= 4 is 36.5 Å². The second kappa shape index (κ2) is 20.2. The Kier molecular flexibility index (Phi) is 16.4. The predicted octanol–water partition coefficient (Wildman–Crippen LogP) is 12.7. The Morgan fingerprint density at radius 3 is 1.84 bits per heavy atom. The molecule has 3 N–H and O–H groups in total. The minimum atomic E-state index is -0.874. The molecule has 0 saturated heterocycles. The van der Waals surface area contributed by atoms with E-state index in [1.807, 2.05) is 109 Å². The average molecular weight is 785 g/mol. The summed E-state index contributed by atoms with van der Waals surface area (Å²) >= 11 is -0.346. The van der Waals surface area contributed by atoms with Crippen molar-refractivity contribution in [2.24, 2.45) is 16.8 Å². The van der Waals surface area contributed by atoms with Crippen LogP contribution < -0.4 is 0 Å². The van der Waals surface area contributed by atoms with Crippen molar-refractivity contribution in [1.82, 2.24) is 4.98 Å². The summed E-state index contributed by atoms with van der Waals surface area (Å²) in [6.45, 7) is 12.3. The van der Waals surface area contributed by atoms with Gasteiger partial charge in [0, 0.05) is 5.57 Å². The van der Waals surface area contributed by atoms with Crippen LogP contribution in [0, 0.1) is 11.8 Å². The van der Waals surface area contributed by atoms with E-state index in [2.05, 4.69) is 51.4 Å². The largest absolute Gasteiger partial charge is 0.672 e. The molecule has 49 heavy (non-hydrogen) atoms. The van der Waals surface area contributed by atoms with E-state index in [1.54, 1.807) is 6.26 Å².